The van der Waals surface area contributed by atoms with Crippen molar-refractivity contribution in [2.45, 2.75) is 31.5 Å². The summed E-state index contributed by atoms with van der Waals surface area (Å²) in [6, 6.07) is 7.41. The molecule has 0 spiro atoms. The van der Waals surface area contributed by atoms with Crippen LogP contribution in [0.2, 0.25) is 5.02 Å². The zero-order valence-corrected chi connectivity index (χ0v) is 12.3. The Labute approximate surface area is 128 Å². The van der Waals surface area contributed by atoms with Crippen molar-refractivity contribution in [2.24, 2.45) is 5.16 Å². The quantitative estimate of drug-likeness (QED) is 0.927. The summed E-state index contributed by atoms with van der Waals surface area (Å²) >= 11 is 6.13. The van der Waals surface area contributed by atoms with Gasteiger partial charge in [0, 0.05) is 30.2 Å². The van der Waals surface area contributed by atoms with Crippen molar-refractivity contribution in [3.8, 4) is 0 Å². The third-order valence-electron chi connectivity index (χ3n) is 3.67. The van der Waals surface area contributed by atoms with Crippen LogP contribution >= 0.6 is 11.6 Å². The van der Waals surface area contributed by atoms with Gasteiger partial charge in [-0.2, -0.15) is 0 Å². The lowest BCUT2D eigenvalue weighted by atomic mass is 10.0. The standard InChI is InChI=1S/C15H17ClN2O3/c16-12-6-2-1-5-11(12)13-8-14(21-18-13)15(19)17-9-10-4-3-7-20-10/h1-2,5-6,10,14H,3-4,7-9H2,(H,17,19)/t10-,14-/m0/s1. The topological polar surface area (TPSA) is 59.9 Å². The maximum Gasteiger partial charge on any atom is 0.264 e. The summed E-state index contributed by atoms with van der Waals surface area (Å²) in [5, 5.41) is 7.46. The minimum Gasteiger partial charge on any atom is -0.382 e. The average molecular weight is 309 g/mol. The van der Waals surface area contributed by atoms with E-state index in [0.717, 1.165) is 25.0 Å². The van der Waals surface area contributed by atoms with Crippen LogP contribution in [-0.2, 0) is 14.4 Å². The van der Waals surface area contributed by atoms with Crippen LogP contribution in [-0.4, -0.2) is 37.0 Å². The van der Waals surface area contributed by atoms with Gasteiger partial charge >= 0.3 is 0 Å². The molecule has 1 aromatic carbocycles. The Bertz CT molecular complexity index is 556. The number of carbonyl (C=O) groups is 1. The Morgan fingerprint density at radius 3 is 3.05 bits per heavy atom. The van der Waals surface area contributed by atoms with Crippen LogP contribution in [0.15, 0.2) is 29.4 Å². The summed E-state index contributed by atoms with van der Waals surface area (Å²) < 4.78 is 5.47. The molecular formula is C15H17ClN2O3. The molecule has 112 valence electrons. The summed E-state index contributed by atoms with van der Waals surface area (Å²) in [6.07, 6.45) is 2.02. The number of hydrogen-bond donors (Lipinski definition) is 1. The molecule has 3 rings (SSSR count). The fourth-order valence-corrected chi connectivity index (χ4v) is 2.75. The van der Waals surface area contributed by atoms with Crippen LogP contribution in [0.4, 0.5) is 0 Å². The highest BCUT2D eigenvalue weighted by Gasteiger charge is 2.30. The lowest BCUT2D eigenvalue weighted by Crippen LogP contribution is -2.39. The van der Waals surface area contributed by atoms with E-state index in [-0.39, 0.29) is 12.0 Å². The number of oxime groups is 1. The Kier molecular flexibility index (Phi) is 4.41. The number of amides is 1. The highest BCUT2D eigenvalue weighted by molar-refractivity contribution is 6.34. The summed E-state index contributed by atoms with van der Waals surface area (Å²) in [4.78, 5) is 17.3. The fraction of sp³-hybridized carbons (Fsp3) is 0.467. The Morgan fingerprint density at radius 1 is 1.43 bits per heavy atom. The second-order valence-corrected chi connectivity index (χ2v) is 5.60. The van der Waals surface area contributed by atoms with Gasteiger partial charge in [-0.25, -0.2) is 0 Å². The number of rotatable bonds is 4. The molecule has 2 heterocycles. The summed E-state index contributed by atoms with van der Waals surface area (Å²) in [5.41, 5.74) is 1.52. The van der Waals surface area contributed by atoms with Gasteiger partial charge in [0.15, 0.2) is 0 Å². The van der Waals surface area contributed by atoms with Gasteiger partial charge in [-0.05, 0) is 18.9 Å². The number of nitrogens with zero attached hydrogens (tertiary/aromatic N) is 1. The van der Waals surface area contributed by atoms with Gasteiger partial charge < -0.3 is 14.9 Å². The van der Waals surface area contributed by atoms with E-state index in [2.05, 4.69) is 10.5 Å². The molecule has 0 radical (unpaired) electrons. The number of carbonyl (C=O) groups excluding carboxylic acids is 1. The Balaban J connectivity index is 1.53. The van der Waals surface area contributed by atoms with Gasteiger partial charge in [-0.3, -0.25) is 4.79 Å². The van der Waals surface area contributed by atoms with Gasteiger partial charge in [0.1, 0.15) is 0 Å². The second kappa shape index (κ2) is 6.45. The molecule has 1 amide bonds. The Morgan fingerprint density at radius 2 is 2.29 bits per heavy atom. The number of ether oxygens (including phenoxy) is 1. The minimum atomic E-state index is -0.585. The van der Waals surface area contributed by atoms with E-state index >= 15 is 0 Å². The first kappa shape index (κ1) is 14.4. The van der Waals surface area contributed by atoms with Crippen molar-refractivity contribution in [3.63, 3.8) is 0 Å². The molecule has 1 fully saturated rings. The summed E-state index contributed by atoms with van der Waals surface area (Å²) in [6.45, 7) is 1.31. The molecular weight excluding hydrogens is 292 g/mol. The van der Waals surface area contributed by atoms with Gasteiger partial charge in [-0.15, -0.1) is 0 Å². The zero-order valence-electron chi connectivity index (χ0n) is 11.5. The van der Waals surface area contributed by atoms with Crippen molar-refractivity contribution in [3.05, 3.63) is 34.9 Å². The number of nitrogens with one attached hydrogen (secondary N) is 1. The second-order valence-electron chi connectivity index (χ2n) is 5.20. The van der Waals surface area contributed by atoms with Crippen molar-refractivity contribution in [2.75, 3.05) is 13.2 Å². The van der Waals surface area contributed by atoms with Crippen molar-refractivity contribution in [1.29, 1.82) is 0 Å². The molecule has 1 saturated heterocycles. The molecule has 0 saturated carbocycles. The monoisotopic (exact) mass is 308 g/mol. The van der Waals surface area contributed by atoms with Crippen molar-refractivity contribution >= 4 is 23.2 Å². The van der Waals surface area contributed by atoms with E-state index in [4.69, 9.17) is 21.2 Å². The molecule has 21 heavy (non-hydrogen) atoms. The van der Waals surface area contributed by atoms with Crippen molar-refractivity contribution < 1.29 is 14.4 Å². The molecule has 2 aliphatic rings. The third-order valence-corrected chi connectivity index (χ3v) is 4.00. The first-order valence-electron chi connectivity index (χ1n) is 7.11. The fourth-order valence-electron chi connectivity index (χ4n) is 2.51. The predicted octanol–water partition coefficient (Wildman–Crippen LogP) is 2.13. The maximum absolute atomic E-state index is 12.1. The Hall–Kier alpha value is -1.59. The van der Waals surface area contributed by atoms with Crippen LogP contribution in [0.25, 0.3) is 0 Å². The highest BCUT2D eigenvalue weighted by Crippen LogP contribution is 2.23. The van der Waals surface area contributed by atoms with E-state index in [1.165, 1.54) is 0 Å². The molecule has 5 nitrogen and oxygen atoms in total. The predicted molar refractivity (Wildman–Crippen MR) is 79.5 cm³/mol. The molecule has 1 N–H and O–H groups in total. The molecule has 0 aliphatic carbocycles. The van der Waals surface area contributed by atoms with Gasteiger partial charge in [-0.1, -0.05) is 35.0 Å². The first-order chi connectivity index (χ1) is 10.2. The maximum atomic E-state index is 12.1. The molecule has 2 atom stereocenters. The third kappa shape index (κ3) is 3.36. The molecule has 0 aromatic heterocycles. The van der Waals surface area contributed by atoms with E-state index in [1.807, 2.05) is 18.2 Å². The summed E-state index contributed by atoms with van der Waals surface area (Å²) in [5.74, 6) is -0.156. The number of halogens is 1. The SMILES string of the molecule is O=C(NC[C@@H]1CCCO1)[C@@H]1CC(c2ccccc2Cl)=NO1. The summed E-state index contributed by atoms with van der Waals surface area (Å²) in [7, 11) is 0. The van der Waals surface area contributed by atoms with E-state index in [9.17, 15) is 4.79 Å². The van der Waals surface area contributed by atoms with Crippen LogP contribution < -0.4 is 5.32 Å². The zero-order chi connectivity index (χ0) is 14.7. The number of benzene rings is 1. The normalized spacial score (nSPS) is 24.5. The van der Waals surface area contributed by atoms with Crippen LogP contribution in [0.1, 0.15) is 24.8 Å². The van der Waals surface area contributed by atoms with E-state index in [1.54, 1.807) is 6.07 Å². The molecule has 2 aliphatic heterocycles. The lowest BCUT2D eigenvalue weighted by molar-refractivity contribution is -0.131. The van der Waals surface area contributed by atoms with Crippen LogP contribution in [0.5, 0.6) is 0 Å². The van der Waals surface area contributed by atoms with E-state index < -0.39 is 6.10 Å². The first-order valence-corrected chi connectivity index (χ1v) is 7.49. The molecule has 0 unspecified atom stereocenters. The molecule has 1 aromatic rings. The van der Waals surface area contributed by atoms with Gasteiger partial charge in [0.2, 0.25) is 6.10 Å². The number of hydrogen-bond acceptors (Lipinski definition) is 4. The molecule has 0 bridgehead atoms. The highest BCUT2D eigenvalue weighted by atomic mass is 35.5. The largest absolute Gasteiger partial charge is 0.382 e. The van der Waals surface area contributed by atoms with Crippen molar-refractivity contribution in [1.82, 2.24) is 5.32 Å². The minimum absolute atomic E-state index is 0.124. The van der Waals surface area contributed by atoms with E-state index in [0.29, 0.717) is 23.7 Å². The van der Waals surface area contributed by atoms with Gasteiger partial charge in [0.05, 0.1) is 11.8 Å². The lowest BCUT2D eigenvalue weighted by Gasteiger charge is -2.13. The van der Waals surface area contributed by atoms with Crippen LogP contribution in [0, 0.1) is 0 Å². The van der Waals surface area contributed by atoms with Crippen LogP contribution in [0.3, 0.4) is 0 Å². The smallest absolute Gasteiger partial charge is 0.264 e. The van der Waals surface area contributed by atoms with Gasteiger partial charge in [0.25, 0.3) is 5.91 Å². The average Bonchev–Trinajstić information content (AvgIpc) is 3.17. The molecule has 6 heteroatoms.